The van der Waals surface area contributed by atoms with E-state index in [1.54, 1.807) is 18.2 Å². The molecule has 3 aromatic rings. The molecule has 1 heterocycles. The summed E-state index contributed by atoms with van der Waals surface area (Å²) in [4.78, 5) is 0.268. The molecular weight excluding hydrogens is 418 g/mol. The third kappa shape index (κ3) is 4.32. The van der Waals surface area contributed by atoms with Crippen LogP contribution in [0.15, 0.2) is 51.8 Å². The van der Waals surface area contributed by atoms with Crippen LogP contribution in [-0.4, -0.2) is 8.42 Å². The summed E-state index contributed by atoms with van der Waals surface area (Å²) < 4.78 is 34.9. The second-order valence-corrected chi connectivity index (χ2v) is 12.6. The Bertz CT molecular complexity index is 1230. The normalized spacial score (nSPS) is 17.4. The van der Waals surface area contributed by atoms with Crippen LogP contribution in [0, 0.1) is 11.3 Å². The Kier molecular flexibility index (Phi) is 5.69. The summed E-state index contributed by atoms with van der Waals surface area (Å²) in [6.45, 7) is 13.3. The number of aryl methyl sites for hydroxylation is 1. The van der Waals surface area contributed by atoms with Gasteiger partial charge in [-0.2, -0.15) is 0 Å². The van der Waals surface area contributed by atoms with E-state index in [1.807, 2.05) is 24.3 Å². The number of hydrogen-bond donors (Lipinski definition) is 1. The number of anilines is 1. The Morgan fingerprint density at radius 1 is 1.03 bits per heavy atom. The zero-order chi connectivity index (χ0) is 23.3. The lowest BCUT2D eigenvalue weighted by molar-refractivity contribution is 0.179. The molecule has 0 spiro atoms. The summed E-state index contributed by atoms with van der Waals surface area (Å²) in [5.41, 5.74) is 4.01. The lowest BCUT2D eigenvalue weighted by Gasteiger charge is -2.36. The Labute approximate surface area is 192 Å². The van der Waals surface area contributed by atoms with Crippen LogP contribution in [0.5, 0.6) is 0 Å². The van der Waals surface area contributed by atoms with Crippen LogP contribution < -0.4 is 4.72 Å². The molecule has 4 nitrogen and oxygen atoms in total. The minimum atomic E-state index is -3.67. The summed E-state index contributed by atoms with van der Waals surface area (Å²) in [5.74, 6) is 1.66. The third-order valence-electron chi connectivity index (χ3n) is 7.34. The van der Waals surface area contributed by atoms with Crippen molar-refractivity contribution >= 4 is 26.7 Å². The van der Waals surface area contributed by atoms with Crippen molar-refractivity contribution in [1.82, 2.24) is 0 Å². The van der Waals surface area contributed by atoms with Gasteiger partial charge in [-0.25, -0.2) is 8.42 Å². The second-order valence-electron chi connectivity index (χ2n) is 10.9. The fourth-order valence-corrected chi connectivity index (χ4v) is 5.70. The van der Waals surface area contributed by atoms with E-state index in [1.165, 1.54) is 5.56 Å². The largest absolute Gasteiger partial charge is 0.461 e. The first-order valence-corrected chi connectivity index (χ1v) is 13.1. The van der Waals surface area contributed by atoms with Gasteiger partial charge in [0.2, 0.25) is 0 Å². The highest BCUT2D eigenvalue weighted by atomic mass is 32.2. The van der Waals surface area contributed by atoms with Crippen molar-refractivity contribution in [1.29, 1.82) is 0 Å². The molecule has 0 aliphatic heterocycles. The molecule has 1 atom stereocenters. The minimum absolute atomic E-state index is 0.0225. The van der Waals surface area contributed by atoms with Gasteiger partial charge < -0.3 is 4.42 Å². The highest BCUT2D eigenvalue weighted by Crippen LogP contribution is 2.43. The number of benzene rings is 2. The van der Waals surface area contributed by atoms with E-state index < -0.39 is 10.0 Å². The van der Waals surface area contributed by atoms with Crippen LogP contribution in [0.1, 0.15) is 71.3 Å². The molecule has 1 unspecified atom stereocenters. The highest BCUT2D eigenvalue weighted by Gasteiger charge is 2.33. The van der Waals surface area contributed by atoms with Gasteiger partial charge in [-0.05, 0) is 65.5 Å². The molecular formula is C27H35NO3S. The van der Waals surface area contributed by atoms with Gasteiger partial charge in [0.25, 0.3) is 10.0 Å². The van der Waals surface area contributed by atoms with Crippen LogP contribution in [0.4, 0.5) is 5.69 Å². The molecule has 172 valence electrons. The number of rotatable bonds is 5. The zero-order valence-corrected chi connectivity index (χ0v) is 20.9. The molecule has 1 N–H and O–H groups in total. The van der Waals surface area contributed by atoms with E-state index in [2.05, 4.69) is 46.3 Å². The zero-order valence-electron chi connectivity index (χ0n) is 20.1. The predicted molar refractivity (Wildman–Crippen MR) is 132 cm³/mol. The monoisotopic (exact) mass is 453 g/mol. The maximum atomic E-state index is 13.0. The van der Waals surface area contributed by atoms with Gasteiger partial charge in [0, 0.05) is 23.1 Å². The van der Waals surface area contributed by atoms with E-state index in [9.17, 15) is 8.42 Å². The third-order valence-corrected chi connectivity index (χ3v) is 8.74. The van der Waals surface area contributed by atoms with Crippen LogP contribution in [0.25, 0.3) is 11.0 Å². The van der Waals surface area contributed by atoms with Crippen LogP contribution in [-0.2, 0) is 28.3 Å². The molecule has 0 radical (unpaired) electrons. The van der Waals surface area contributed by atoms with E-state index in [-0.39, 0.29) is 15.7 Å². The van der Waals surface area contributed by atoms with Gasteiger partial charge in [-0.3, -0.25) is 4.72 Å². The molecule has 5 heteroatoms. The number of fused-ring (bicyclic) bond motifs is 3. The molecule has 0 fully saturated rings. The number of nitrogens with one attached hydrogen (secondary N) is 1. The Morgan fingerprint density at radius 2 is 1.72 bits per heavy atom. The van der Waals surface area contributed by atoms with E-state index in [4.69, 9.17) is 4.42 Å². The Morgan fingerprint density at radius 3 is 2.34 bits per heavy atom. The average molecular weight is 454 g/mol. The van der Waals surface area contributed by atoms with Crippen molar-refractivity contribution in [2.24, 2.45) is 11.3 Å². The first kappa shape index (κ1) is 22.9. The standard InChI is InChI=1S/C27H35NO3S/c1-7-27(5,6)19-10-14-24-22(16-19)23-17-20(11-15-25(23)31-24)28-32(29,30)21-12-8-18(9-13-21)26(2,3)4/h8-9,11-13,15,17,19,28H,7,10,14,16H2,1-6H3. The topological polar surface area (TPSA) is 59.3 Å². The maximum Gasteiger partial charge on any atom is 0.261 e. The van der Waals surface area contributed by atoms with E-state index in [0.29, 0.717) is 11.6 Å². The predicted octanol–water partition coefficient (Wildman–Crippen LogP) is 7.07. The Hall–Kier alpha value is -2.27. The average Bonchev–Trinajstić information content (AvgIpc) is 3.10. The molecule has 2 aromatic carbocycles. The summed E-state index contributed by atoms with van der Waals surface area (Å²) in [7, 11) is -3.67. The molecule has 1 aliphatic carbocycles. The van der Waals surface area contributed by atoms with Crippen molar-refractivity contribution in [3.63, 3.8) is 0 Å². The molecule has 0 bridgehead atoms. The number of furan rings is 1. The van der Waals surface area contributed by atoms with Crippen molar-refractivity contribution in [3.8, 4) is 0 Å². The Balaban J connectivity index is 1.63. The van der Waals surface area contributed by atoms with Gasteiger partial charge in [0.15, 0.2) is 0 Å². The molecule has 0 amide bonds. The highest BCUT2D eigenvalue weighted by molar-refractivity contribution is 7.92. The molecule has 4 rings (SSSR count). The molecule has 1 aromatic heterocycles. The van der Waals surface area contributed by atoms with Gasteiger partial charge in [-0.1, -0.05) is 60.1 Å². The molecule has 32 heavy (non-hydrogen) atoms. The summed E-state index contributed by atoms with van der Waals surface area (Å²) in [6, 6.07) is 12.7. The minimum Gasteiger partial charge on any atom is -0.461 e. The number of sulfonamides is 1. The van der Waals surface area contributed by atoms with E-state index >= 15 is 0 Å². The van der Waals surface area contributed by atoms with Crippen molar-refractivity contribution in [3.05, 3.63) is 59.4 Å². The summed E-state index contributed by atoms with van der Waals surface area (Å²) in [5, 5.41) is 1.03. The fraction of sp³-hybridized carbons (Fsp3) is 0.481. The summed E-state index contributed by atoms with van der Waals surface area (Å²) >= 11 is 0. The van der Waals surface area contributed by atoms with Crippen molar-refractivity contribution in [2.75, 3.05) is 4.72 Å². The fourth-order valence-electron chi connectivity index (χ4n) is 4.65. The first-order chi connectivity index (χ1) is 14.9. The number of hydrogen-bond acceptors (Lipinski definition) is 3. The van der Waals surface area contributed by atoms with Gasteiger partial charge in [-0.15, -0.1) is 0 Å². The second kappa shape index (κ2) is 7.95. The lowest BCUT2D eigenvalue weighted by atomic mass is 9.69. The van der Waals surface area contributed by atoms with Crippen LogP contribution in [0.2, 0.25) is 0 Å². The molecule has 0 saturated carbocycles. The van der Waals surface area contributed by atoms with Crippen LogP contribution in [0.3, 0.4) is 0 Å². The SMILES string of the molecule is CCC(C)(C)C1CCc2oc3ccc(NS(=O)(=O)c4ccc(C(C)(C)C)cc4)cc3c2C1. The maximum absolute atomic E-state index is 13.0. The van der Waals surface area contributed by atoms with Crippen molar-refractivity contribution < 1.29 is 12.8 Å². The molecule has 1 aliphatic rings. The first-order valence-electron chi connectivity index (χ1n) is 11.6. The van der Waals surface area contributed by atoms with Gasteiger partial charge in [0.05, 0.1) is 4.90 Å². The van der Waals surface area contributed by atoms with Gasteiger partial charge in [0.1, 0.15) is 11.3 Å². The summed E-state index contributed by atoms with van der Waals surface area (Å²) in [6.07, 6.45) is 4.20. The molecule has 0 saturated heterocycles. The smallest absolute Gasteiger partial charge is 0.261 e. The van der Waals surface area contributed by atoms with Crippen LogP contribution >= 0.6 is 0 Å². The van der Waals surface area contributed by atoms with Gasteiger partial charge >= 0.3 is 0 Å². The lowest BCUT2D eigenvalue weighted by Crippen LogP contribution is -2.28. The van der Waals surface area contributed by atoms with E-state index in [0.717, 1.165) is 48.0 Å². The van der Waals surface area contributed by atoms with Crippen molar-refractivity contribution in [2.45, 2.75) is 77.5 Å². The quantitative estimate of drug-likeness (QED) is 0.449.